The quantitative estimate of drug-likeness (QED) is 0.897. The van der Waals surface area contributed by atoms with Gasteiger partial charge in [-0.3, -0.25) is 9.88 Å². The molecule has 1 saturated carbocycles. The van der Waals surface area contributed by atoms with Crippen LogP contribution in [0.15, 0.2) is 34.0 Å². The van der Waals surface area contributed by atoms with Crippen LogP contribution in [0, 0.1) is 0 Å². The second-order valence-corrected chi connectivity index (χ2v) is 6.71. The molecule has 2 aromatic heterocycles. The van der Waals surface area contributed by atoms with E-state index in [1.165, 1.54) is 18.4 Å². The molecule has 2 aromatic rings. The molecule has 0 spiro atoms. The summed E-state index contributed by atoms with van der Waals surface area (Å²) < 4.78 is 5.26. The van der Waals surface area contributed by atoms with Crippen molar-refractivity contribution in [2.24, 2.45) is 4.99 Å². The zero-order valence-electron chi connectivity index (χ0n) is 12.7. The van der Waals surface area contributed by atoms with E-state index in [0.29, 0.717) is 18.3 Å². The molecule has 0 aromatic carbocycles. The second kappa shape index (κ2) is 6.67. The van der Waals surface area contributed by atoms with Crippen molar-refractivity contribution in [3.05, 3.63) is 41.8 Å². The molecule has 120 valence electrons. The smallest absolute Gasteiger partial charge is 0.229 e. The highest BCUT2D eigenvalue weighted by Gasteiger charge is 2.29. The molecule has 3 heterocycles. The maximum absolute atomic E-state index is 5.26. The van der Waals surface area contributed by atoms with Gasteiger partial charge in [0.1, 0.15) is 0 Å². The van der Waals surface area contributed by atoms with Crippen LogP contribution in [0.4, 0.5) is 0 Å². The van der Waals surface area contributed by atoms with Gasteiger partial charge in [0.05, 0.1) is 19.1 Å². The zero-order valence-corrected chi connectivity index (χ0v) is 13.5. The van der Waals surface area contributed by atoms with Gasteiger partial charge in [-0.2, -0.15) is 4.98 Å². The fraction of sp³-hybridized carbons (Fsp3) is 0.467. The van der Waals surface area contributed by atoms with Crippen molar-refractivity contribution in [2.75, 3.05) is 13.3 Å². The van der Waals surface area contributed by atoms with Gasteiger partial charge in [-0.1, -0.05) is 23.0 Å². The van der Waals surface area contributed by atoms with E-state index < -0.39 is 0 Å². The summed E-state index contributed by atoms with van der Waals surface area (Å²) in [6, 6.07) is 4.03. The maximum atomic E-state index is 5.26. The topological polar surface area (TPSA) is 79.4 Å². The number of nitrogens with zero attached hydrogens (tertiary/aromatic N) is 5. The Morgan fingerprint density at radius 2 is 2.35 bits per heavy atom. The van der Waals surface area contributed by atoms with E-state index in [0.717, 1.165) is 30.1 Å². The molecule has 0 unspecified atom stereocenters. The number of pyridine rings is 1. The van der Waals surface area contributed by atoms with Crippen molar-refractivity contribution >= 4 is 16.9 Å². The largest absolute Gasteiger partial charge is 0.352 e. The number of hydrogen-bond donors (Lipinski definition) is 1. The molecule has 1 aliphatic heterocycles. The third-order valence-electron chi connectivity index (χ3n) is 3.75. The van der Waals surface area contributed by atoms with E-state index in [-0.39, 0.29) is 0 Å². The second-order valence-electron chi connectivity index (χ2n) is 5.74. The summed E-state index contributed by atoms with van der Waals surface area (Å²) in [4.78, 5) is 15.4. The maximum Gasteiger partial charge on any atom is 0.229 e. The lowest BCUT2D eigenvalue weighted by Gasteiger charge is -2.26. The van der Waals surface area contributed by atoms with Crippen LogP contribution >= 0.6 is 11.8 Å². The molecule has 0 bridgehead atoms. The summed E-state index contributed by atoms with van der Waals surface area (Å²) in [6.45, 7) is 2.31. The molecule has 0 saturated heterocycles. The van der Waals surface area contributed by atoms with Gasteiger partial charge in [-0.15, -0.1) is 0 Å². The highest BCUT2D eigenvalue weighted by molar-refractivity contribution is 8.13. The first-order valence-corrected chi connectivity index (χ1v) is 8.70. The number of rotatable bonds is 5. The van der Waals surface area contributed by atoms with Gasteiger partial charge in [-0.05, 0) is 24.5 Å². The number of amidine groups is 1. The molecule has 4 rings (SSSR count). The van der Waals surface area contributed by atoms with E-state index in [9.17, 15) is 0 Å². The average molecular weight is 330 g/mol. The van der Waals surface area contributed by atoms with E-state index in [1.807, 2.05) is 12.3 Å². The predicted molar refractivity (Wildman–Crippen MR) is 87.7 cm³/mol. The average Bonchev–Trinajstić information content (AvgIpc) is 3.34. The Bertz CT molecular complexity index is 684. The minimum atomic E-state index is 0.507. The number of nitrogens with one attached hydrogen (secondary N) is 1. The summed E-state index contributed by atoms with van der Waals surface area (Å²) in [5.41, 5.74) is 1.19. The highest BCUT2D eigenvalue weighted by atomic mass is 32.2. The van der Waals surface area contributed by atoms with Gasteiger partial charge in [-0.25, -0.2) is 4.99 Å². The van der Waals surface area contributed by atoms with Gasteiger partial charge in [0.25, 0.3) is 0 Å². The molecule has 7 nitrogen and oxygen atoms in total. The predicted octanol–water partition coefficient (Wildman–Crippen LogP) is 1.95. The van der Waals surface area contributed by atoms with Gasteiger partial charge in [0.15, 0.2) is 11.0 Å². The molecule has 23 heavy (non-hydrogen) atoms. The lowest BCUT2D eigenvalue weighted by molar-refractivity contribution is 0.258. The molecule has 0 amide bonds. The number of aliphatic imine (C=N–C) groups is 1. The first-order chi connectivity index (χ1) is 11.4. The SMILES string of the molecule is c1cncc(CN2CN=C(SCc3noc(C4CC4)n3)NC2)c1. The summed E-state index contributed by atoms with van der Waals surface area (Å²) in [6.07, 6.45) is 6.03. The van der Waals surface area contributed by atoms with Gasteiger partial charge < -0.3 is 9.84 Å². The normalized spacial score (nSPS) is 18.5. The third-order valence-corrected chi connectivity index (χ3v) is 4.69. The Labute approximate surface area is 138 Å². The van der Waals surface area contributed by atoms with Gasteiger partial charge >= 0.3 is 0 Å². The summed E-state index contributed by atoms with van der Waals surface area (Å²) in [7, 11) is 0. The van der Waals surface area contributed by atoms with Crippen molar-refractivity contribution in [3.63, 3.8) is 0 Å². The monoisotopic (exact) mass is 330 g/mol. The fourth-order valence-corrected chi connectivity index (χ4v) is 3.06. The van der Waals surface area contributed by atoms with Crippen LogP contribution in [0.3, 0.4) is 0 Å². The van der Waals surface area contributed by atoms with Crippen LogP contribution in [0.1, 0.15) is 36.0 Å². The lowest BCUT2D eigenvalue weighted by atomic mass is 10.3. The molecular formula is C15H18N6OS. The summed E-state index contributed by atoms with van der Waals surface area (Å²) in [5.74, 6) is 2.73. The van der Waals surface area contributed by atoms with E-state index >= 15 is 0 Å². The summed E-state index contributed by atoms with van der Waals surface area (Å²) >= 11 is 1.62. The van der Waals surface area contributed by atoms with Crippen molar-refractivity contribution in [1.29, 1.82) is 0 Å². The van der Waals surface area contributed by atoms with Crippen molar-refractivity contribution < 1.29 is 4.52 Å². The molecule has 1 N–H and O–H groups in total. The highest BCUT2D eigenvalue weighted by Crippen LogP contribution is 2.38. The number of hydrogen-bond acceptors (Lipinski definition) is 8. The van der Waals surface area contributed by atoms with Crippen molar-refractivity contribution in [2.45, 2.75) is 31.1 Å². The first kappa shape index (κ1) is 14.6. The zero-order chi connectivity index (χ0) is 15.5. The Hall–Kier alpha value is -1.93. The molecular weight excluding hydrogens is 312 g/mol. The van der Waals surface area contributed by atoms with E-state index in [1.54, 1.807) is 18.0 Å². The molecule has 0 radical (unpaired) electrons. The van der Waals surface area contributed by atoms with E-state index in [2.05, 4.69) is 36.4 Å². The van der Waals surface area contributed by atoms with Crippen LogP contribution in [0.25, 0.3) is 0 Å². The fourth-order valence-electron chi connectivity index (χ4n) is 2.36. The first-order valence-electron chi connectivity index (χ1n) is 7.72. The standard InChI is InChI=1S/C15H18N6OS/c1-2-11(6-16-5-1)7-21-9-17-15(18-10-21)23-8-13-19-14(22-20-13)12-3-4-12/h1-2,5-6,12H,3-4,7-10H2,(H,17,18). The summed E-state index contributed by atoms with van der Waals surface area (Å²) in [5, 5.41) is 8.29. The number of aromatic nitrogens is 3. The lowest BCUT2D eigenvalue weighted by Crippen LogP contribution is -2.41. The van der Waals surface area contributed by atoms with Crippen LogP contribution in [0.5, 0.6) is 0 Å². The minimum absolute atomic E-state index is 0.507. The van der Waals surface area contributed by atoms with Crippen molar-refractivity contribution in [1.82, 2.24) is 25.3 Å². The molecule has 2 aliphatic rings. The Kier molecular flexibility index (Phi) is 4.25. The van der Waals surface area contributed by atoms with Gasteiger partial charge in [0.2, 0.25) is 5.89 Å². The third kappa shape index (κ3) is 3.89. The Morgan fingerprint density at radius 1 is 1.39 bits per heavy atom. The molecule has 1 aliphatic carbocycles. The molecule has 8 heteroatoms. The molecule has 0 atom stereocenters. The van der Waals surface area contributed by atoms with E-state index in [4.69, 9.17) is 4.52 Å². The Balaban J connectivity index is 1.26. The van der Waals surface area contributed by atoms with Crippen LogP contribution in [-0.4, -0.2) is 38.5 Å². The van der Waals surface area contributed by atoms with Crippen LogP contribution in [-0.2, 0) is 12.3 Å². The number of thioether (sulfide) groups is 1. The minimum Gasteiger partial charge on any atom is -0.352 e. The molecule has 1 fully saturated rings. The van der Waals surface area contributed by atoms with Crippen LogP contribution < -0.4 is 5.32 Å². The van der Waals surface area contributed by atoms with Gasteiger partial charge in [0, 0.05) is 24.9 Å². The van der Waals surface area contributed by atoms with Crippen molar-refractivity contribution in [3.8, 4) is 0 Å². The van der Waals surface area contributed by atoms with Crippen LogP contribution in [0.2, 0.25) is 0 Å². The Morgan fingerprint density at radius 3 is 3.09 bits per heavy atom.